The second-order valence-electron chi connectivity index (χ2n) is 6.16. The molecular weight excluding hydrogens is 373 g/mol. The predicted molar refractivity (Wildman–Crippen MR) is 97.9 cm³/mol. The molecule has 2 N–H and O–H groups in total. The number of nitrogens with one attached hydrogen (secondary N) is 2. The van der Waals surface area contributed by atoms with Crippen molar-refractivity contribution < 1.29 is 22.5 Å². The maximum atomic E-state index is 13.4. The van der Waals surface area contributed by atoms with E-state index in [9.17, 15) is 18.0 Å². The Bertz CT molecular complexity index is 998. The van der Waals surface area contributed by atoms with Gasteiger partial charge in [0, 0.05) is 18.7 Å². The SMILES string of the molecule is CCNCCNC(=O)c1cc(-c2ccccc2C(F)(F)F)nc2onc(C)c12. The summed E-state index contributed by atoms with van der Waals surface area (Å²) in [6.45, 7) is 5.29. The molecule has 28 heavy (non-hydrogen) atoms. The lowest BCUT2D eigenvalue weighted by Gasteiger charge is -2.13. The van der Waals surface area contributed by atoms with E-state index < -0.39 is 17.6 Å². The highest BCUT2D eigenvalue weighted by molar-refractivity contribution is 6.07. The molecule has 2 heterocycles. The van der Waals surface area contributed by atoms with Crippen molar-refractivity contribution in [3.63, 3.8) is 0 Å². The van der Waals surface area contributed by atoms with E-state index in [1.165, 1.54) is 24.3 Å². The van der Waals surface area contributed by atoms with Crippen LogP contribution in [0.1, 0.15) is 28.5 Å². The van der Waals surface area contributed by atoms with Crippen molar-refractivity contribution in [2.75, 3.05) is 19.6 Å². The number of aromatic nitrogens is 2. The first-order valence-electron chi connectivity index (χ1n) is 8.75. The minimum atomic E-state index is -4.56. The van der Waals surface area contributed by atoms with Crippen LogP contribution in [0.5, 0.6) is 0 Å². The predicted octanol–water partition coefficient (Wildman–Crippen LogP) is 3.56. The van der Waals surface area contributed by atoms with Gasteiger partial charge in [0.25, 0.3) is 11.6 Å². The fourth-order valence-electron chi connectivity index (χ4n) is 2.90. The van der Waals surface area contributed by atoms with Gasteiger partial charge in [0.2, 0.25) is 0 Å². The van der Waals surface area contributed by atoms with Crippen LogP contribution in [0.3, 0.4) is 0 Å². The van der Waals surface area contributed by atoms with Crippen molar-refractivity contribution >= 4 is 17.0 Å². The lowest BCUT2D eigenvalue weighted by Crippen LogP contribution is -2.31. The minimum Gasteiger partial charge on any atom is -0.351 e. The van der Waals surface area contributed by atoms with Gasteiger partial charge in [-0.2, -0.15) is 13.2 Å². The van der Waals surface area contributed by atoms with Gasteiger partial charge in [0.15, 0.2) is 0 Å². The maximum Gasteiger partial charge on any atom is 0.417 e. The number of nitrogens with zero attached hydrogens (tertiary/aromatic N) is 2. The summed E-state index contributed by atoms with van der Waals surface area (Å²) < 4.78 is 45.3. The Hall–Kier alpha value is -2.94. The van der Waals surface area contributed by atoms with Crippen LogP contribution < -0.4 is 10.6 Å². The molecule has 0 atom stereocenters. The summed E-state index contributed by atoms with van der Waals surface area (Å²) in [6.07, 6.45) is -4.56. The van der Waals surface area contributed by atoms with Crippen LogP contribution in [0, 0.1) is 6.92 Å². The normalized spacial score (nSPS) is 11.8. The van der Waals surface area contributed by atoms with Crippen molar-refractivity contribution in [1.82, 2.24) is 20.8 Å². The smallest absolute Gasteiger partial charge is 0.351 e. The first-order valence-corrected chi connectivity index (χ1v) is 8.75. The van der Waals surface area contributed by atoms with Crippen LogP contribution >= 0.6 is 0 Å². The number of likely N-dealkylation sites (N-methyl/N-ethyl adjacent to an activating group) is 1. The fraction of sp³-hybridized carbons (Fsp3) is 0.316. The molecule has 3 rings (SSSR count). The molecule has 148 valence electrons. The van der Waals surface area contributed by atoms with E-state index in [0.717, 1.165) is 12.6 Å². The third-order valence-electron chi connectivity index (χ3n) is 4.21. The van der Waals surface area contributed by atoms with Gasteiger partial charge in [-0.3, -0.25) is 4.79 Å². The molecule has 0 unspecified atom stereocenters. The van der Waals surface area contributed by atoms with Crippen LogP contribution in [0.2, 0.25) is 0 Å². The molecule has 0 aliphatic rings. The molecule has 6 nitrogen and oxygen atoms in total. The summed E-state index contributed by atoms with van der Waals surface area (Å²) >= 11 is 0. The number of carbonyl (C=O) groups is 1. The van der Waals surface area contributed by atoms with Crippen molar-refractivity contribution in [3.8, 4) is 11.3 Å². The molecule has 0 bridgehead atoms. The zero-order chi connectivity index (χ0) is 20.3. The molecule has 2 aromatic heterocycles. The standard InChI is InChI=1S/C19H19F3N4O2/c1-3-23-8-9-24-17(27)13-10-15(25-18-16(13)11(2)26-28-18)12-6-4-5-7-14(12)19(20,21)22/h4-7,10,23H,3,8-9H2,1-2H3,(H,24,27). The number of amides is 1. The van der Waals surface area contributed by atoms with Crippen molar-refractivity contribution in [1.29, 1.82) is 0 Å². The third kappa shape index (κ3) is 3.99. The van der Waals surface area contributed by atoms with Gasteiger partial charge in [0.05, 0.1) is 27.9 Å². The van der Waals surface area contributed by atoms with Gasteiger partial charge in [-0.05, 0) is 25.6 Å². The van der Waals surface area contributed by atoms with E-state index in [1.807, 2.05) is 6.92 Å². The Morgan fingerprint density at radius 1 is 1.21 bits per heavy atom. The highest BCUT2D eigenvalue weighted by atomic mass is 19.4. The van der Waals surface area contributed by atoms with Crippen LogP contribution in [0.4, 0.5) is 13.2 Å². The summed E-state index contributed by atoms with van der Waals surface area (Å²) in [5, 5.41) is 10.0. The number of fused-ring (bicyclic) bond motifs is 1. The third-order valence-corrected chi connectivity index (χ3v) is 4.21. The molecule has 1 aromatic carbocycles. The molecule has 9 heteroatoms. The number of carbonyl (C=O) groups excluding carboxylic acids is 1. The van der Waals surface area contributed by atoms with Crippen molar-refractivity contribution in [3.05, 3.63) is 47.2 Å². The van der Waals surface area contributed by atoms with Gasteiger partial charge in [-0.1, -0.05) is 30.3 Å². The number of pyridine rings is 1. The summed E-state index contributed by atoms with van der Waals surface area (Å²) in [5.41, 5.74) is -0.344. The molecule has 0 saturated heterocycles. The maximum absolute atomic E-state index is 13.4. The number of benzene rings is 1. The quantitative estimate of drug-likeness (QED) is 0.627. The highest BCUT2D eigenvalue weighted by Gasteiger charge is 2.34. The zero-order valence-electron chi connectivity index (χ0n) is 15.4. The van der Waals surface area contributed by atoms with Crippen LogP contribution in [0.15, 0.2) is 34.9 Å². The number of hydrogen-bond acceptors (Lipinski definition) is 5. The average molecular weight is 392 g/mol. The Labute approximate surface area is 159 Å². The van der Waals surface area contributed by atoms with Gasteiger partial charge < -0.3 is 15.2 Å². The molecule has 3 aromatic rings. The molecule has 0 fully saturated rings. The van der Waals surface area contributed by atoms with E-state index in [-0.39, 0.29) is 22.5 Å². The molecule has 0 saturated carbocycles. The van der Waals surface area contributed by atoms with E-state index >= 15 is 0 Å². The second-order valence-corrected chi connectivity index (χ2v) is 6.16. The van der Waals surface area contributed by atoms with E-state index in [0.29, 0.717) is 24.2 Å². The monoisotopic (exact) mass is 392 g/mol. The topological polar surface area (TPSA) is 80.0 Å². The Morgan fingerprint density at radius 3 is 2.68 bits per heavy atom. The van der Waals surface area contributed by atoms with Crippen LogP contribution in [-0.4, -0.2) is 35.7 Å². The molecule has 0 aliphatic heterocycles. The number of rotatable bonds is 6. The first kappa shape index (κ1) is 19.8. The highest BCUT2D eigenvalue weighted by Crippen LogP contribution is 2.37. The van der Waals surface area contributed by atoms with Gasteiger partial charge >= 0.3 is 6.18 Å². The van der Waals surface area contributed by atoms with Gasteiger partial charge in [-0.15, -0.1) is 0 Å². The molecule has 0 spiro atoms. The summed E-state index contributed by atoms with van der Waals surface area (Å²) in [4.78, 5) is 16.9. The molecule has 1 amide bonds. The summed E-state index contributed by atoms with van der Waals surface area (Å²) in [6, 6.07) is 6.42. The molecule has 0 aliphatic carbocycles. The zero-order valence-corrected chi connectivity index (χ0v) is 15.4. The average Bonchev–Trinajstić information content (AvgIpc) is 3.04. The Balaban J connectivity index is 2.09. The Kier molecular flexibility index (Phi) is 5.64. The van der Waals surface area contributed by atoms with Gasteiger partial charge in [0.1, 0.15) is 0 Å². The number of aryl methyl sites for hydroxylation is 1. The van der Waals surface area contributed by atoms with Crippen LogP contribution in [0.25, 0.3) is 22.4 Å². The fourth-order valence-corrected chi connectivity index (χ4v) is 2.90. The van der Waals surface area contributed by atoms with Crippen molar-refractivity contribution in [2.24, 2.45) is 0 Å². The molecule has 0 radical (unpaired) electrons. The second kappa shape index (κ2) is 7.97. The van der Waals surface area contributed by atoms with E-state index in [1.54, 1.807) is 6.92 Å². The largest absolute Gasteiger partial charge is 0.417 e. The number of halogens is 3. The lowest BCUT2D eigenvalue weighted by molar-refractivity contribution is -0.137. The lowest BCUT2D eigenvalue weighted by atomic mass is 10.0. The molecular formula is C19H19F3N4O2. The van der Waals surface area contributed by atoms with Gasteiger partial charge in [-0.25, -0.2) is 4.98 Å². The van der Waals surface area contributed by atoms with Crippen molar-refractivity contribution in [2.45, 2.75) is 20.0 Å². The number of hydrogen-bond donors (Lipinski definition) is 2. The summed E-state index contributed by atoms with van der Waals surface area (Å²) in [7, 11) is 0. The minimum absolute atomic E-state index is 0.00610. The van der Waals surface area contributed by atoms with Crippen LogP contribution in [-0.2, 0) is 6.18 Å². The summed E-state index contributed by atoms with van der Waals surface area (Å²) in [5.74, 6) is -0.428. The van der Waals surface area contributed by atoms with E-state index in [4.69, 9.17) is 4.52 Å². The Morgan fingerprint density at radius 2 is 1.96 bits per heavy atom. The van der Waals surface area contributed by atoms with E-state index in [2.05, 4.69) is 20.8 Å². The first-order chi connectivity index (χ1) is 13.3. The number of alkyl halides is 3.